The first-order valence-corrected chi connectivity index (χ1v) is 4.29. The maximum atomic E-state index is 8.85. The standard InChI is InChI=1S/C10H12N4O/c1-3-5-12-10(11-4-2)14-6-9(7-15)13-8-14/h3-6,8,15H,1-2,7H2. The molecule has 0 amide bonds. The molecular formula is C10H12N4O. The molecular weight excluding hydrogens is 192 g/mol. The van der Waals surface area contributed by atoms with Gasteiger partial charge in [-0.05, 0) is 0 Å². The molecule has 0 unspecified atom stereocenters. The molecule has 0 radical (unpaired) electrons. The maximum absolute atomic E-state index is 8.85. The maximum Gasteiger partial charge on any atom is 0.234 e. The minimum atomic E-state index is -0.112. The number of nitrogens with zero attached hydrogens (tertiary/aromatic N) is 4. The van der Waals surface area contributed by atoms with Crippen molar-refractivity contribution in [3.63, 3.8) is 0 Å². The van der Waals surface area contributed by atoms with Crippen LogP contribution in [0.25, 0.3) is 0 Å². The van der Waals surface area contributed by atoms with Crippen molar-refractivity contribution in [2.24, 2.45) is 9.98 Å². The molecule has 5 nitrogen and oxygen atoms in total. The topological polar surface area (TPSA) is 62.8 Å². The molecule has 0 aromatic carbocycles. The molecule has 0 aliphatic carbocycles. The van der Waals surface area contributed by atoms with Gasteiger partial charge in [0.2, 0.25) is 5.96 Å². The number of hydrogen-bond donors (Lipinski definition) is 1. The summed E-state index contributed by atoms with van der Waals surface area (Å²) in [7, 11) is 0. The Kier molecular flexibility index (Phi) is 4.18. The van der Waals surface area contributed by atoms with Crippen LogP contribution < -0.4 is 0 Å². The number of aromatic nitrogens is 2. The molecule has 0 bridgehead atoms. The van der Waals surface area contributed by atoms with Crippen LogP contribution in [0.1, 0.15) is 5.69 Å². The highest BCUT2D eigenvalue weighted by atomic mass is 16.3. The SMILES string of the molecule is C=CC=NC(=NC=C)n1cnc(CO)c1. The van der Waals surface area contributed by atoms with Gasteiger partial charge in [0.05, 0.1) is 12.3 Å². The summed E-state index contributed by atoms with van der Waals surface area (Å²) in [5, 5.41) is 8.85. The van der Waals surface area contributed by atoms with E-state index in [0.29, 0.717) is 11.7 Å². The lowest BCUT2D eigenvalue weighted by molar-refractivity contribution is 0.277. The van der Waals surface area contributed by atoms with E-state index in [2.05, 4.69) is 28.1 Å². The summed E-state index contributed by atoms with van der Waals surface area (Å²) in [6.07, 6.45) is 7.61. The second kappa shape index (κ2) is 5.66. The molecule has 5 heteroatoms. The van der Waals surface area contributed by atoms with E-state index in [4.69, 9.17) is 5.11 Å². The fraction of sp³-hybridized carbons (Fsp3) is 0.100. The summed E-state index contributed by atoms with van der Waals surface area (Å²) in [6.45, 7) is 6.89. The first kappa shape index (κ1) is 11.1. The third-order valence-electron chi connectivity index (χ3n) is 1.53. The van der Waals surface area contributed by atoms with Gasteiger partial charge in [-0.2, -0.15) is 0 Å². The van der Waals surface area contributed by atoms with E-state index in [1.165, 1.54) is 18.7 Å². The molecule has 0 saturated heterocycles. The molecule has 0 spiro atoms. The number of hydrogen-bond acceptors (Lipinski definition) is 3. The van der Waals surface area contributed by atoms with Crippen LogP contribution in [0.4, 0.5) is 0 Å². The van der Waals surface area contributed by atoms with Gasteiger partial charge in [0.15, 0.2) is 0 Å². The van der Waals surface area contributed by atoms with E-state index in [0.717, 1.165) is 0 Å². The van der Waals surface area contributed by atoms with Gasteiger partial charge in [0.1, 0.15) is 6.33 Å². The Morgan fingerprint density at radius 1 is 1.60 bits per heavy atom. The van der Waals surface area contributed by atoms with Crippen molar-refractivity contribution in [2.45, 2.75) is 6.61 Å². The fourth-order valence-corrected chi connectivity index (χ4v) is 0.922. The van der Waals surface area contributed by atoms with Crippen molar-refractivity contribution in [1.82, 2.24) is 9.55 Å². The van der Waals surface area contributed by atoms with Gasteiger partial charge in [-0.25, -0.2) is 15.0 Å². The molecule has 1 heterocycles. The summed E-state index contributed by atoms with van der Waals surface area (Å²) in [4.78, 5) is 11.9. The van der Waals surface area contributed by atoms with Crippen molar-refractivity contribution in [3.05, 3.63) is 43.7 Å². The molecule has 0 aliphatic rings. The zero-order valence-electron chi connectivity index (χ0n) is 8.24. The number of imidazole rings is 1. The molecule has 0 saturated carbocycles. The average Bonchev–Trinajstić information content (AvgIpc) is 2.72. The Morgan fingerprint density at radius 3 is 2.93 bits per heavy atom. The Balaban J connectivity index is 2.98. The summed E-state index contributed by atoms with van der Waals surface area (Å²) in [5.74, 6) is 0.414. The van der Waals surface area contributed by atoms with Gasteiger partial charge in [-0.3, -0.25) is 4.57 Å². The highest BCUT2D eigenvalue weighted by Gasteiger charge is 2.01. The van der Waals surface area contributed by atoms with Crippen molar-refractivity contribution < 1.29 is 5.11 Å². The van der Waals surface area contributed by atoms with Crippen molar-refractivity contribution in [3.8, 4) is 0 Å². The van der Waals surface area contributed by atoms with E-state index < -0.39 is 0 Å². The predicted octanol–water partition coefficient (Wildman–Crippen LogP) is 0.980. The van der Waals surface area contributed by atoms with Crippen molar-refractivity contribution in [1.29, 1.82) is 0 Å². The first-order chi connectivity index (χ1) is 7.31. The van der Waals surface area contributed by atoms with E-state index in [1.54, 1.807) is 16.8 Å². The lowest BCUT2D eigenvalue weighted by atomic mass is 10.5. The highest BCUT2D eigenvalue weighted by molar-refractivity contribution is 5.92. The lowest BCUT2D eigenvalue weighted by Crippen LogP contribution is -2.06. The van der Waals surface area contributed by atoms with Gasteiger partial charge in [0, 0.05) is 18.6 Å². The van der Waals surface area contributed by atoms with Gasteiger partial charge in [-0.1, -0.05) is 19.2 Å². The van der Waals surface area contributed by atoms with Gasteiger partial charge >= 0.3 is 0 Å². The predicted molar refractivity (Wildman–Crippen MR) is 59.9 cm³/mol. The number of allylic oxidation sites excluding steroid dienone is 1. The van der Waals surface area contributed by atoms with Crippen LogP contribution >= 0.6 is 0 Å². The van der Waals surface area contributed by atoms with Gasteiger partial charge in [0.25, 0.3) is 0 Å². The zero-order chi connectivity index (χ0) is 11.1. The molecule has 1 aromatic heterocycles. The molecule has 1 aromatic rings. The summed E-state index contributed by atoms with van der Waals surface area (Å²) < 4.78 is 1.59. The third kappa shape index (κ3) is 2.99. The van der Waals surface area contributed by atoms with Crippen molar-refractivity contribution in [2.75, 3.05) is 0 Å². The minimum Gasteiger partial charge on any atom is -0.390 e. The Morgan fingerprint density at radius 2 is 2.40 bits per heavy atom. The van der Waals surface area contributed by atoms with Crippen LogP contribution in [0, 0.1) is 0 Å². The van der Waals surface area contributed by atoms with Crippen LogP contribution in [-0.2, 0) is 6.61 Å². The Labute approximate surface area is 87.8 Å². The van der Waals surface area contributed by atoms with Crippen LogP contribution in [0.2, 0.25) is 0 Å². The number of rotatable bonds is 3. The summed E-state index contributed by atoms with van der Waals surface area (Å²) in [5.41, 5.74) is 0.556. The zero-order valence-corrected chi connectivity index (χ0v) is 8.24. The quantitative estimate of drug-likeness (QED) is 0.589. The molecule has 0 fully saturated rings. The second-order valence-corrected chi connectivity index (χ2v) is 2.56. The van der Waals surface area contributed by atoms with Gasteiger partial charge < -0.3 is 5.11 Å². The van der Waals surface area contributed by atoms with Crippen LogP contribution in [0.5, 0.6) is 0 Å². The van der Waals surface area contributed by atoms with E-state index in [1.807, 2.05) is 0 Å². The fourth-order valence-electron chi connectivity index (χ4n) is 0.922. The Hall–Kier alpha value is -2.01. The normalized spacial score (nSPS) is 11.9. The van der Waals surface area contributed by atoms with E-state index >= 15 is 0 Å². The van der Waals surface area contributed by atoms with Crippen LogP contribution in [0.3, 0.4) is 0 Å². The van der Waals surface area contributed by atoms with E-state index in [-0.39, 0.29) is 6.61 Å². The van der Waals surface area contributed by atoms with E-state index in [9.17, 15) is 0 Å². The molecule has 1 N–H and O–H groups in total. The number of aliphatic hydroxyl groups is 1. The minimum absolute atomic E-state index is 0.112. The summed E-state index contributed by atoms with van der Waals surface area (Å²) >= 11 is 0. The number of aliphatic hydroxyl groups excluding tert-OH is 1. The largest absolute Gasteiger partial charge is 0.390 e. The smallest absolute Gasteiger partial charge is 0.234 e. The van der Waals surface area contributed by atoms with Crippen molar-refractivity contribution >= 4 is 12.2 Å². The number of aliphatic imine (C=N–C) groups is 2. The van der Waals surface area contributed by atoms with Gasteiger partial charge in [-0.15, -0.1) is 0 Å². The average molecular weight is 204 g/mol. The molecule has 78 valence electrons. The van der Waals surface area contributed by atoms with Crippen LogP contribution in [-0.4, -0.2) is 26.8 Å². The first-order valence-electron chi connectivity index (χ1n) is 4.29. The third-order valence-corrected chi connectivity index (χ3v) is 1.53. The highest BCUT2D eigenvalue weighted by Crippen LogP contribution is 1.97. The van der Waals surface area contributed by atoms with Crippen LogP contribution in [0.15, 0.2) is 47.9 Å². The molecule has 0 atom stereocenters. The summed E-state index contributed by atoms with van der Waals surface area (Å²) in [6, 6.07) is 0. The lowest BCUT2D eigenvalue weighted by Gasteiger charge is -1.97. The monoisotopic (exact) mass is 204 g/mol. The Bertz CT molecular complexity index is 403. The second-order valence-electron chi connectivity index (χ2n) is 2.56. The molecule has 0 aliphatic heterocycles. The molecule has 15 heavy (non-hydrogen) atoms. The molecule has 1 rings (SSSR count).